The zero-order valence-electron chi connectivity index (χ0n) is 13.5. The summed E-state index contributed by atoms with van der Waals surface area (Å²) in [5.74, 6) is 7.03. The Morgan fingerprint density at radius 1 is 1.17 bits per heavy atom. The normalized spacial score (nSPS) is 10.0. The van der Waals surface area contributed by atoms with Crippen LogP contribution in [0.1, 0.15) is 23.7 Å². The molecule has 3 rings (SSSR count). The summed E-state index contributed by atoms with van der Waals surface area (Å²) in [7, 11) is 1.62. The molecule has 0 unspecified atom stereocenters. The number of benzene rings is 2. The highest BCUT2D eigenvalue weighted by Crippen LogP contribution is 2.28. The summed E-state index contributed by atoms with van der Waals surface area (Å²) in [6.07, 6.45) is 0. The van der Waals surface area contributed by atoms with Crippen LogP contribution in [0.5, 0.6) is 11.5 Å². The van der Waals surface area contributed by atoms with Crippen molar-refractivity contribution in [2.45, 2.75) is 13.5 Å². The van der Waals surface area contributed by atoms with Crippen molar-refractivity contribution in [3.63, 3.8) is 0 Å². The minimum absolute atomic E-state index is 0.170. The Morgan fingerprint density at radius 3 is 2.67 bits per heavy atom. The molecular weight excluding hydrogens is 300 g/mol. The van der Waals surface area contributed by atoms with Crippen LogP contribution in [0.4, 0.5) is 0 Å². The Labute approximate surface area is 140 Å². The molecule has 0 bridgehead atoms. The zero-order chi connectivity index (χ0) is 17.1. The van der Waals surface area contributed by atoms with Gasteiger partial charge in [0.15, 0.2) is 0 Å². The first-order chi connectivity index (χ1) is 11.7. The van der Waals surface area contributed by atoms with Gasteiger partial charge in [-0.25, -0.2) is 0 Å². The predicted octanol–water partition coefficient (Wildman–Crippen LogP) is 3.65. The molecule has 0 saturated heterocycles. The fourth-order valence-electron chi connectivity index (χ4n) is 2.74. The molecule has 0 aliphatic rings. The number of fused-ring (bicyclic) bond motifs is 1. The summed E-state index contributed by atoms with van der Waals surface area (Å²) < 4.78 is 7.29. The first-order valence-electron chi connectivity index (χ1n) is 7.59. The van der Waals surface area contributed by atoms with Crippen LogP contribution >= 0.6 is 0 Å². The van der Waals surface area contributed by atoms with Crippen molar-refractivity contribution in [2.75, 3.05) is 7.11 Å². The second-order valence-electron chi connectivity index (χ2n) is 5.26. The van der Waals surface area contributed by atoms with E-state index in [4.69, 9.17) is 4.74 Å². The molecule has 3 aromatic rings. The number of methoxy groups -OCH3 is 1. The van der Waals surface area contributed by atoms with Crippen molar-refractivity contribution in [3.8, 4) is 29.4 Å². The lowest BCUT2D eigenvalue weighted by molar-refractivity contribution is 0.415. The Kier molecular flexibility index (Phi) is 4.14. The summed E-state index contributed by atoms with van der Waals surface area (Å²) >= 11 is 0. The smallest absolute Gasteiger partial charge is 0.120 e. The summed E-state index contributed by atoms with van der Waals surface area (Å²) in [4.78, 5) is 0. The van der Waals surface area contributed by atoms with Crippen LogP contribution in [0, 0.1) is 23.2 Å². The van der Waals surface area contributed by atoms with Crippen LogP contribution in [0.3, 0.4) is 0 Å². The average molecular weight is 316 g/mol. The molecule has 0 amide bonds. The summed E-state index contributed by atoms with van der Waals surface area (Å²) in [6.45, 7) is 2.70. The van der Waals surface area contributed by atoms with E-state index in [0.29, 0.717) is 23.4 Å². The van der Waals surface area contributed by atoms with Gasteiger partial charge in [0.05, 0.1) is 18.2 Å². The van der Waals surface area contributed by atoms with E-state index in [9.17, 15) is 10.4 Å². The fraction of sp³-hybridized carbons (Fsp3) is 0.150. The fourth-order valence-corrected chi connectivity index (χ4v) is 2.74. The number of aryl methyl sites for hydroxylation is 1. The van der Waals surface area contributed by atoms with Gasteiger partial charge in [0.25, 0.3) is 0 Å². The molecule has 1 N–H and O–H groups in total. The number of rotatable bonds is 2. The van der Waals surface area contributed by atoms with E-state index in [0.717, 1.165) is 16.7 Å². The number of hydrogen-bond acceptors (Lipinski definition) is 3. The highest BCUT2D eigenvalue weighted by Gasteiger charge is 2.15. The van der Waals surface area contributed by atoms with Gasteiger partial charge in [-0.3, -0.25) is 0 Å². The lowest BCUT2D eigenvalue weighted by Gasteiger charge is -2.04. The van der Waals surface area contributed by atoms with Crippen molar-refractivity contribution in [3.05, 3.63) is 59.3 Å². The van der Waals surface area contributed by atoms with Crippen LogP contribution in [0.2, 0.25) is 0 Å². The first-order valence-corrected chi connectivity index (χ1v) is 7.59. The number of phenols is 1. The molecule has 118 valence electrons. The van der Waals surface area contributed by atoms with Gasteiger partial charge in [-0.15, -0.1) is 0 Å². The lowest BCUT2D eigenvalue weighted by atomic mass is 10.1. The van der Waals surface area contributed by atoms with Crippen LogP contribution in [0.25, 0.3) is 10.9 Å². The summed E-state index contributed by atoms with van der Waals surface area (Å²) in [5, 5.41) is 20.0. The van der Waals surface area contributed by atoms with E-state index < -0.39 is 0 Å². The second-order valence-corrected chi connectivity index (χ2v) is 5.26. The quantitative estimate of drug-likeness (QED) is 0.734. The molecule has 0 radical (unpaired) electrons. The van der Waals surface area contributed by atoms with Gasteiger partial charge in [0.1, 0.15) is 23.3 Å². The average Bonchev–Trinajstić information content (AvgIpc) is 2.91. The SMILES string of the molecule is CCn1c(C#Cc2cccc(O)c2)c(C#N)c2ccc(OC)cc21. The molecule has 0 aliphatic heterocycles. The maximum Gasteiger partial charge on any atom is 0.120 e. The molecular formula is C20H16N2O2. The Balaban J connectivity index is 2.22. The Morgan fingerprint density at radius 2 is 2.00 bits per heavy atom. The lowest BCUT2D eigenvalue weighted by Crippen LogP contribution is -1.98. The van der Waals surface area contributed by atoms with Crippen molar-refractivity contribution >= 4 is 10.9 Å². The summed E-state index contributed by atoms with van der Waals surface area (Å²) in [5.41, 5.74) is 2.85. The number of nitrogens with zero attached hydrogens (tertiary/aromatic N) is 2. The molecule has 0 aliphatic carbocycles. The van der Waals surface area contributed by atoms with Crippen molar-refractivity contribution in [1.82, 2.24) is 4.57 Å². The molecule has 4 nitrogen and oxygen atoms in total. The number of nitriles is 1. The van der Waals surface area contributed by atoms with E-state index in [1.54, 1.807) is 25.3 Å². The first kappa shape index (κ1) is 15.5. The van der Waals surface area contributed by atoms with Crippen LogP contribution in [0.15, 0.2) is 42.5 Å². The van der Waals surface area contributed by atoms with E-state index >= 15 is 0 Å². The van der Waals surface area contributed by atoms with E-state index in [2.05, 4.69) is 17.9 Å². The molecule has 1 aromatic heterocycles. The van der Waals surface area contributed by atoms with Gasteiger partial charge >= 0.3 is 0 Å². The monoisotopic (exact) mass is 316 g/mol. The molecule has 4 heteroatoms. The second kappa shape index (κ2) is 6.40. The van der Waals surface area contributed by atoms with E-state index in [-0.39, 0.29) is 5.75 Å². The van der Waals surface area contributed by atoms with Crippen molar-refractivity contribution in [1.29, 1.82) is 5.26 Å². The highest BCUT2D eigenvalue weighted by molar-refractivity contribution is 5.90. The molecule has 1 heterocycles. The number of ether oxygens (including phenoxy) is 1. The van der Waals surface area contributed by atoms with Gasteiger partial charge in [-0.1, -0.05) is 12.0 Å². The topological polar surface area (TPSA) is 58.2 Å². The van der Waals surface area contributed by atoms with Gasteiger partial charge in [-0.2, -0.15) is 5.26 Å². The molecule has 2 aromatic carbocycles. The third-order valence-electron chi connectivity index (χ3n) is 3.87. The van der Waals surface area contributed by atoms with Gasteiger partial charge in [0.2, 0.25) is 0 Å². The third kappa shape index (κ3) is 2.66. The number of aromatic hydroxyl groups is 1. The van der Waals surface area contributed by atoms with E-state index in [1.165, 1.54) is 0 Å². The predicted molar refractivity (Wildman–Crippen MR) is 93.0 cm³/mol. The maximum atomic E-state index is 9.59. The minimum atomic E-state index is 0.170. The van der Waals surface area contributed by atoms with Crippen LogP contribution in [-0.2, 0) is 6.54 Å². The number of phenolic OH excluding ortho intramolecular Hbond substituents is 1. The number of hydrogen-bond donors (Lipinski definition) is 1. The van der Waals surface area contributed by atoms with Crippen LogP contribution in [-0.4, -0.2) is 16.8 Å². The van der Waals surface area contributed by atoms with Gasteiger partial charge in [0, 0.05) is 23.6 Å². The molecule has 24 heavy (non-hydrogen) atoms. The van der Waals surface area contributed by atoms with Gasteiger partial charge in [-0.05, 0) is 43.2 Å². The zero-order valence-corrected chi connectivity index (χ0v) is 13.5. The third-order valence-corrected chi connectivity index (χ3v) is 3.87. The molecule has 0 saturated carbocycles. The standard InChI is InChI=1S/C20H16N2O2/c1-3-22-19(10-7-14-5-4-6-15(23)11-14)18(13-21)17-9-8-16(24-2)12-20(17)22/h4-6,8-9,11-12,23H,3H2,1-2H3. The van der Waals surface area contributed by atoms with Crippen molar-refractivity contribution < 1.29 is 9.84 Å². The maximum absolute atomic E-state index is 9.59. The molecule has 0 atom stereocenters. The number of aromatic nitrogens is 1. The van der Waals surface area contributed by atoms with Crippen molar-refractivity contribution in [2.24, 2.45) is 0 Å². The molecule has 0 fully saturated rings. The van der Waals surface area contributed by atoms with E-state index in [1.807, 2.05) is 35.8 Å². The minimum Gasteiger partial charge on any atom is -0.508 e. The van der Waals surface area contributed by atoms with Gasteiger partial charge < -0.3 is 14.4 Å². The molecule has 0 spiro atoms. The summed E-state index contributed by atoms with van der Waals surface area (Å²) in [6, 6.07) is 14.7. The van der Waals surface area contributed by atoms with Crippen LogP contribution < -0.4 is 4.74 Å². The Hall–Kier alpha value is -3.37. The largest absolute Gasteiger partial charge is 0.508 e. The highest BCUT2D eigenvalue weighted by atomic mass is 16.5. The Bertz CT molecular complexity index is 1010.